The van der Waals surface area contributed by atoms with Crippen molar-refractivity contribution in [2.24, 2.45) is 17.8 Å². The Hall–Kier alpha value is -2.29. The molecule has 3 heteroatoms. The van der Waals surface area contributed by atoms with Crippen LogP contribution in [0.1, 0.15) is 37.7 Å². The maximum atomic E-state index is 12.3. The third kappa shape index (κ3) is 3.87. The number of anilines is 1. The first-order valence-electron chi connectivity index (χ1n) is 9.30. The van der Waals surface area contributed by atoms with Gasteiger partial charge >= 0.3 is 0 Å². The number of carbonyl (C=O) groups excluding carboxylic acids is 1. The number of hydrogen-bond donors (Lipinski definition) is 1. The van der Waals surface area contributed by atoms with E-state index in [0.717, 1.165) is 29.0 Å². The molecule has 25 heavy (non-hydrogen) atoms. The summed E-state index contributed by atoms with van der Waals surface area (Å²) in [4.78, 5) is 12.3. The number of aryl methyl sites for hydroxylation is 1. The summed E-state index contributed by atoms with van der Waals surface area (Å²) in [5, 5.41) is 3.03. The van der Waals surface area contributed by atoms with Crippen LogP contribution in [0.3, 0.4) is 0 Å². The molecule has 2 saturated carbocycles. The number of nitrogens with one attached hydrogen (secondary N) is 1. The van der Waals surface area contributed by atoms with Gasteiger partial charge in [-0.15, -0.1) is 0 Å². The molecule has 1 N–H and O–H groups in total. The van der Waals surface area contributed by atoms with E-state index in [1.54, 1.807) is 0 Å². The molecule has 2 aromatic carbocycles. The molecule has 1 amide bonds. The van der Waals surface area contributed by atoms with Gasteiger partial charge in [0.15, 0.2) is 0 Å². The van der Waals surface area contributed by atoms with Gasteiger partial charge in [0.25, 0.3) is 0 Å². The van der Waals surface area contributed by atoms with Crippen molar-refractivity contribution in [1.29, 1.82) is 0 Å². The summed E-state index contributed by atoms with van der Waals surface area (Å²) in [6, 6.07) is 15.6. The predicted molar refractivity (Wildman–Crippen MR) is 99.9 cm³/mol. The van der Waals surface area contributed by atoms with Crippen molar-refractivity contribution in [1.82, 2.24) is 0 Å². The van der Waals surface area contributed by atoms with Gasteiger partial charge in [-0.2, -0.15) is 0 Å². The van der Waals surface area contributed by atoms with Crippen LogP contribution < -0.4 is 10.1 Å². The van der Waals surface area contributed by atoms with Gasteiger partial charge in [-0.05, 0) is 80.3 Å². The van der Waals surface area contributed by atoms with Crippen molar-refractivity contribution in [3.63, 3.8) is 0 Å². The lowest BCUT2D eigenvalue weighted by Gasteiger charge is -2.20. The molecule has 0 aromatic heterocycles. The molecule has 2 fully saturated rings. The smallest absolute Gasteiger partial charge is 0.224 e. The minimum atomic E-state index is 0.143. The second-order valence-corrected chi connectivity index (χ2v) is 7.63. The third-order valence-corrected chi connectivity index (χ3v) is 5.73. The Kier molecular flexibility index (Phi) is 4.48. The zero-order chi connectivity index (χ0) is 17.2. The summed E-state index contributed by atoms with van der Waals surface area (Å²) in [6.07, 6.45) is 5.98. The van der Waals surface area contributed by atoms with Crippen LogP contribution >= 0.6 is 0 Å². The number of rotatable bonds is 5. The summed E-state index contributed by atoms with van der Waals surface area (Å²) in [7, 11) is 0. The number of carbonyl (C=O) groups is 1. The zero-order valence-electron chi connectivity index (χ0n) is 14.7. The summed E-state index contributed by atoms with van der Waals surface area (Å²) in [6.45, 7) is 2.05. The van der Waals surface area contributed by atoms with Gasteiger partial charge in [0.1, 0.15) is 11.5 Å². The van der Waals surface area contributed by atoms with Crippen molar-refractivity contribution < 1.29 is 9.53 Å². The normalized spacial score (nSPS) is 24.3. The lowest BCUT2D eigenvalue weighted by molar-refractivity contribution is -0.117. The minimum absolute atomic E-state index is 0.143. The Morgan fingerprint density at radius 1 is 1.00 bits per heavy atom. The van der Waals surface area contributed by atoms with Crippen LogP contribution in [-0.2, 0) is 4.79 Å². The van der Waals surface area contributed by atoms with Crippen LogP contribution in [0.25, 0.3) is 0 Å². The highest BCUT2D eigenvalue weighted by Crippen LogP contribution is 2.49. The van der Waals surface area contributed by atoms with E-state index in [4.69, 9.17) is 4.74 Å². The number of amides is 1. The molecule has 0 aliphatic heterocycles. The van der Waals surface area contributed by atoms with Gasteiger partial charge < -0.3 is 10.1 Å². The van der Waals surface area contributed by atoms with Crippen LogP contribution in [0.4, 0.5) is 5.69 Å². The Bertz CT molecular complexity index is 736. The van der Waals surface area contributed by atoms with E-state index in [1.165, 1.54) is 31.2 Å². The third-order valence-electron chi connectivity index (χ3n) is 5.73. The van der Waals surface area contributed by atoms with Gasteiger partial charge in [0.05, 0.1) is 0 Å². The van der Waals surface area contributed by atoms with Crippen LogP contribution in [-0.4, -0.2) is 5.91 Å². The molecule has 0 heterocycles. The molecule has 2 bridgehead atoms. The fraction of sp³-hybridized carbons (Fsp3) is 0.409. The minimum Gasteiger partial charge on any atom is -0.457 e. The number of hydrogen-bond acceptors (Lipinski definition) is 2. The van der Waals surface area contributed by atoms with E-state index in [9.17, 15) is 4.79 Å². The van der Waals surface area contributed by atoms with Crippen molar-refractivity contribution in [3.8, 4) is 11.5 Å². The Morgan fingerprint density at radius 2 is 1.68 bits per heavy atom. The highest BCUT2D eigenvalue weighted by molar-refractivity contribution is 5.90. The van der Waals surface area contributed by atoms with Gasteiger partial charge in [-0.25, -0.2) is 0 Å². The van der Waals surface area contributed by atoms with E-state index in [-0.39, 0.29) is 5.91 Å². The molecule has 2 aliphatic carbocycles. The average molecular weight is 335 g/mol. The van der Waals surface area contributed by atoms with Crippen LogP contribution in [0.5, 0.6) is 11.5 Å². The molecule has 0 saturated heterocycles. The summed E-state index contributed by atoms with van der Waals surface area (Å²) >= 11 is 0. The molecule has 0 radical (unpaired) electrons. The summed E-state index contributed by atoms with van der Waals surface area (Å²) in [5.74, 6) is 4.02. The number of ether oxygens (including phenoxy) is 1. The van der Waals surface area contributed by atoms with Crippen molar-refractivity contribution >= 4 is 11.6 Å². The topological polar surface area (TPSA) is 38.3 Å². The Morgan fingerprint density at radius 3 is 2.28 bits per heavy atom. The molecular weight excluding hydrogens is 310 g/mol. The molecule has 130 valence electrons. The second-order valence-electron chi connectivity index (χ2n) is 7.63. The molecule has 0 unspecified atom stereocenters. The van der Waals surface area contributed by atoms with E-state index in [2.05, 4.69) is 12.2 Å². The lowest BCUT2D eigenvalue weighted by Crippen LogP contribution is -2.20. The molecule has 3 nitrogen and oxygen atoms in total. The summed E-state index contributed by atoms with van der Waals surface area (Å²) in [5.41, 5.74) is 2.05. The van der Waals surface area contributed by atoms with Gasteiger partial charge in [0.2, 0.25) is 5.91 Å². The van der Waals surface area contributed by atoms with Gasteiger partial charge in [0, 0.05) is 12.1 Å². The van der Waals surface area contributed by atoms with E-state index < -0.39 is 0 Å². The Balaban J connectivity index is 1.31. The maximum Gasteiger partial charge on any atom is 0.224 e. The fourth-order valence-electron chi connectivity index (χ4n) is 4.43. The molecule has 3 atom stereocenters. The van der Waals surface area contributed by atoms with Crippen LogP contribution in [0, 0.1) is 24.7 Å². The second kappa shape index (κ2) is 6.91. The van der Waals surface area contributed by atoms with Gasteiger partial charge in [-0.3, -0.25) is 4.79 Å². The first-order valence-corrected chi connectivity index (χ1v) is 9.30. The summed E-state index contributed by atoms with van der Waals surface area (Å²) < 4.78 is 5.82. The quantitative estimate of drug-likeness (QED) is 0.777. The first kappa shape index (κ1) is 16.2. The highest BCUT2D eigenvalue weighted by atomic mass is 16.5. The molecular formula is C22H25NO2. The molecule has 0 spiro atoms. The van der Waals surface area contributed by atoms with Crippen molar-refractivity contribution in [3.05, 3.63) is 54.1 Å². The predicted octanol–water partition coefficient (Wildman–Crippen LogP) is 5.55. The molecule has 4 rings (SSSR count). The first-order chi connectivity index (χ1) is 12.2. The number of fused-ring (bicyclic) bond motifs is 2. The molecule has 2 aliphatic rings. The Labute approximate surface area is 149 Å². The largest absolute Gasteiger partial charge is 0.457 e. The fourth-order valence-corrected chi connectivity index (χ4v) is 4.43. The standard InChI is InChI=1S/C22H25NO2/c1-15-2-8-20(9-3-15)25-21-10-6-19(7-11-21)23-22(24)14-18-13-16-4-5-17(18)12-16/h2-3,6-11,16-18H,4-5,12-14H2,1H3,(H,23,24)/t16-,17+,18-/m0/s1. The number of benzene rings is 2. The van der Waals surface area contributed by atoms with Gasteiger partial charge in [-0.1, -0.05) is 24.1 Å². The van der Waals surface area contributed by atoms with E-state index in [0.29, 0.717) is 12.3 Å². The van der Waals surface area contributed by atoms with E-state index in [1.807, 2.05) is 48.5 Å². The monoisotopic (exact) mass is 335 g/mol. The van der Waals surface area contributed by atoms with Crippen LogP contribution in [0.2, 0.25) is 0 Å². The lowest BCUT2D eigenvalue weighted by atomic mass is 9.86. The average Bonchev–Trinajstić information content (AvgIpc) is 3.21. The van der Waals surface area contributed by atoms with Crippen molar-refractivity contribution in [2.75, 3.05) is 5.32 Å². The highest BCUT2D eigenvalue weighted by Gasteiger charge is 2.40. The van der Waals surface area contributed by atoms with E-state index >= 15 is 0 Å². The molecule has 2 aromatic rings. The van der Waals surface area contributed by atoms with Crippen molar-refractivity contribution in [2.45, 2.75) is 39.0 Å². The van der Waals surface area contributed by atoms with Crippen LogP contribution in [0.15, 0.2) is 48.5 Å². The zero-order valence-corrected chi connectivity index (χ0v) is 14.7. The maximum absolute atomic E-state index is 12.3. The SMILES string of the molecule is Cc1ccc(Oc2ccc(NC(=O)C[C@@H]3C[C@H]4CC[C@@H]3C4)cc2)cc1.